The number of hydrazine groups is 2. The zero-order chi connectivity index (χ0) is 36.0. The number of thiocarbonyl (C=S) groups is 2. The normalized spacial score (nSPS) is 12.7. The van der Waals surface area contributed by atoms with Gasteiger partial charge in [-0.1, -0.05) is 35.4 Å². The maximum Gasteiger partial charge on any atom is 0.303 e. The smallest absolute Gasteiger partial charge is 0.303 e. The Kier molecular flexibility index (Phi) is 15.1. The van der Waals surface area contributed by atoms with Crippen molar-refractivity contribution in [3.8, 4) is 0 Å². The van der Waals surface area contributed by atoms with Crippen molar-refractivity contribution >= 4 is 81.7 Å². The van der Waals surface area contributed by atoms with Crippen molar-refractivity contribution in [2.75, 3.05) is 10.6 Å². The van der Waals surface area contributed by atoms with E-state index in [-0.39, 0.29) is 10.2 Å². The van der Waals surface area contributed by atoms with Gasteiger partial charge in [-0.2, -0.15) is 0 Å². The molecule has 0 bridgehead atoms. The summed E-state index contributed by atoms with van der Waals surface area (Å²) in [7, 11) is 0. The number of benzene rings is 2. The number of hydrogen-bond acceptors (Lipinski definition) is 12. The lowest BCUT2D eigenvalue weighted by Crippen LogP contribution is -2.61. The second-order valence-electron chi connectivity index (χ2n) is 10.1. The topological polar surface area (TPSA) is 212 Å². The second-order valence-corrected chi connectivity index (χ2v) is 10.9. The fourth-order valence-corrected chi connectivity index (χ4v) is 4.20. The molecule has 0 aliphatic rings. The van der Waals surface area contributed by atoms with Gasteiger partial charge in [0.25, 0.3) is 11.8 Å². The molecule has 2 rings (SSSR count). The average Bonchev–Trinajstić information content (AvgIpc) is 3.00. The SMILES string of the molecule is CC(=O)OC(C(=O)NNC(=S)Nc1ccc(C)cc1)C(OC(C)=O)C(OC(C)=O)C(OC(C)=O)C(=O)NNC(=S)Nc1ccc(C)cc1. The van der Waals surface area contributed by atoms with Crippen molar-refractivity contribution in [2.45, 2.75) is 66.0 Å². The third-order valence-electron chi connectivity index (χ3n) is 5.84. The van der Waals surface area contributed by atoms with Crippen molar-refractivity contribution < 1.29 is 47.7 Å². The van der Waals surface area contributed by atoms with Gasteiger partial charge in [-0.3, -0.25) is 50.5 Å². The maximum absolute atomic E-state index is 13.4. The van der Waals surface area contributed by atoms with Crippen LogP contribution in [-0.4, -0.2) is 70.3 Å². The summed E-state index contributed by atoms with van der Waals surface area (Å²) >= 11 is 10.4. The van der Waals surface area contributed by atoms with E-state index in [1.807, 2.05) is 38.1 Å². The molecule has 16 nitrogen and oxygen atoms in total. The Bertz CT molecular complexity index is 1410. The third kappa shape index (κ3) is 13.6. The molecule has 0 radical (unpaired) electrons. The Labute approximate surface area is 286 Å². The Morgan fingerprint density at radius 3 is 1.06 bits per heavy atom. The molecule has 4 unspecified atom stereocenters. The number of aryl methyl sites for hydroxylation is 2. The number of esters is 4. The van der Waals surface area contributed by atoms with Crippen molar-refractivity contribution in [2.24, 2.45) is 0 Å². The molecular formula is C30H36N6O10S2. The minimum absolute atomic E-state index is 0.0900. The number of carbonyl (C=O) groups is 6. The Balaban J connectivity index is 2.36. The Morgan fingerprint density at radius 2 is 0.792 bits per heavy atom. The number of anilines is 2. The van der Waals surface area contributed by atoms with Crippen LogP contribution in [0.15, 0.2) is 48.5 Å². The van der Waals surface area contributed by atoms with Crippen molar-refractivity contribution in [3.05, 3.63) is 59.7 Å². The van der Waals surface area contributed by atoms with E-state index in [9.17, 15) is 28.8 Å². The molecule has 48 heavy (non-hydrogen) atoms. The summed E-state index contributed by atoms with van der Waals surface area (Å²) < 4.78 is 20.9. The van der Waals surface area contributed by atoms with Gasteiger partial charge in [0.05, 0.1) is 0 Å². The number of rotatable bonds is 11. The van der Waals surface area contributed by atoms with Gasteiger partial charge in [-0.15, -0.1) is 0 Å². The van der Waals surface area contributed by atoms with Crippen LogP contribution in [0.1, 0.15) is 38.8 Å². The highest BCUT2D eigenvalue weighted by Crippen LogP contribution is 2.20. The lowest BCUT2D eigenvalue weighted by Gasteiger charge is -2.34. The summed E-state index contributed by atoms with van der Waals surface area (Å²) in [5, 5.41) is 5.46. The van der Waals surface area contributed by atoms with Gasteiger partial charge in [0, 0.05) is 39.1 Å². The Hall–Kier alpha value is -5.36. The summed E-state index contributed by atoms with van der Waals surface area (Å²) in [6, 6.07) is 14.2. The first-order chi connectivity index (χ1) is 22.5. The van der Waals surface area contributed by atoms with Crippen LogP contribution >= 0.6 is 24.4 Å². The first-order valence-corrected chi connectivity index (χ1v) is 14.9. The Morgan fingerprint density at radius 1 is 0.500 bits per heavy atom. The van der Waals surface area contributed by atoms with Gasteiger partial charge in [-0.05, 0) is 62.5 Å². The molecule has 0 heterocycles. The molecule has 0 spiro atoms. The van der Waals surface area contributed by atoms with Crippen LogP contribution in [0.2, 0.25) is 0 Å². The van der Waals surface area contributed by atoms with Crippen LogP contribution in [0.5, 0.6) is 0 Å². The van der Waals surface area contributed by atoms with Crippen molar-refractivity contribution in [1.82, 2.24) is 21.7 Å². The molecule has 0 saturated carbocycles. The molecule has 2 aromatic rings. The summed E-state index contributed by atoms with van der Waals surface area (Å²) in [6.07, 6.45) is -8.28. The predicted molar refractivity (Wildman–Crippen MR) is 180 cm³/mol. The molecule has 0 saturated heterocycles. The summed E-state index contributed by atoms with van der Waals surface area (Å²) in [5.74, 6) is -6.48. The number of carbonyl (C=O) groups excluding carboxylic acids is 6. The van der Waals surface area contributed by atoms with Gasteiger partial charge in [0.1, 0.15) is 0 Å². The molecule has 6 N–H and O–H groups in total. The largest absolute Gasteiger partial charge is 0.454 e. The van der Waals surface area contributed by atoms with Gasteiger partial charge < -0.3 is 29.6 Å². The van der Waals surface area contributed by atoms with Gasteiger partial charge in [0.2, 0.25) is 12.2 Å². The molecule has 0 fully saturated rings. The zero-order valence-corrected chi connectivity index (χ0v) is 28.5. The lowest BCUT2D eigenvalue weighted by atomic mass is 10.0. The van der Waals surface area contributed by atoms with Crippen LogP contribution < -0.4 is 32.3 Å². The fraction of sp³-hybridized carbons (Fsp3) is 0.333. The van der Waals surface area contributed by atoms with Gasteiger partial charge in [0.15, 0.2) is 22.4 Å². The van der Waals surface area contributed by atoms with E-state index in [1.165, 1.54) is 0 Å². The highest BCUT2D eigenvalue weighted by Gasteiger charge is 2.49. The molecule has 18 heteroatoms. The second kappa shape index (κ2) is 18.7. The number of amides is 2. The highest BCUT2D eigenvalue weighted by molar-refractivity contribution is 7.80. The monoisotopic (exact) mass is 704 g/mol. The average molecular weight is 705 g/mol. The van der Waals surface area contributed by atoms with Crippen LogP contribution in [0.25, 0.3) is 0 Å². The van der Waals surface area contributed by atoms with Crippen LogP contribution in [0.4, 0.5) is 11.4 Å². The first-order valence-electron chi connectivity index (χ1n) is 14.1. The molecule has 2 aromatic carbocycles. The summed E-state index contributed by atoms with van der Waals surface area (Å²) in [6.45, 7) is 7.57. The van der Waals surface area contributed by atoms with Crippen LogP contribution in [0, 0.1) is 13.8 Å². The van der Waals surface area contributed by atoms with E-state index in [2.05, 4.69) is 32.3 Å². The van der Waals surface area contributed by atoms with Crippen molar-refractivity contribution in [1.29, 1.82) is 0 Å². The minimum atomic E-state index is -2.09. The molecule has 4 atom stereocenters. The van der Waals surface area contributed by atoms with E-state index >= 15 is 0 Å². The van der Waals surface area contributed by atoms with E-state index in [1.54, 1.807) is 24.3 Å². The number of hydrogen-bond donors (Lipinski definition) is 6. The van der Waals surface area contributed by atoms with Crippen molar-refractivity contribution in [3.63, 3.8) is 0 Å². The molecular weight excluding hydrogens is 668 g/mol. The standard InChI is InChI=1S/C30H36N6O10S2/c1-15-7-11-21(12-8-15)31-29(47)35-33-27(41)25(45-19(5)39)23(43-17(3)37)24(44-18(4)38)26(46-20(6)40)28(42)34-36-30(48)32-22-13-9-16(2)10-14-22/h7-14,23-26H,1-6H3,(H,33,41)(H,34,42)(H2,31,35,47)(H2,32,36,48). The molecule has 0 aromatic heterocycles. The highest BCUT2D eigenvalue weighted by atomic mass is 32.1. The van der Waals surface area contributed by atoms with E-state index in [4.69, 9.17) is 43.4 Å². The summed E-state index contributed by atoms with van der Waals surface area (Å²) in [5.41, 5.74) is 12.4. The maximum atomic E-state index is 13.4. The van der Waals surface area contributed by atoms with Crippen LogP contribution in [-0.2, 0) is 47.7 Å². The lowest BCUT2D eigenvalue weighted by molar-refractivity contribution is -0.200. The molecule has 2 amide bonds. The minimum Gasteiger partial charge on any atom is -0.454 e. The summed E-state index contributed by atoms with van der Waals surface area (Å²) in [4.78, 5) is 75.5. The van der Waals surface area contributed by atoms with Crippen LogP contribution in [0.3, 0.4) is 0 Å². The van der Waals surface area contributed by atoms with E-state index in [0.29, 0.717) is 11.4 Å². The molecule has 258 valence electrons. The fourth-order valence-electron chi connectivity index (χ4n) is 3.86. The third-order valence-corrected chi connectivity index (χ3v) is 6.25. The predicted octanol–water partition coefficient (Wildman–Crippen LogP) is 1.37. The van der Waals surface area contributed by atoms with E-state index in [0.717, 1.165) is 38.8 Å². The molecule has 0 aliphatic carbocycles. The number of ether oxygens (including phenoxy) is 4. The van der Waals surface area contributed by atoms with Gasteiger partial charge >= 0.3 is 23.9 Å². The molecule has 0 aliphatic heterocycles. The van der Waals surface area contributed by atoms with Gasteiger partial charge in [-0.25, -0.2) is 0 Å². The zero-order valence-electron chi connectivity index (χ0n) is 26.8. The van der Waals surface area contributed by atoms with E-state index < -0.39 is 60.1 Å². The quantitative estimate of drug-likeness (QED) is 0.0844. The number of nitrogens with one attached hydrogen (secondary N) is 6. The first kappa shape index (κ1) is 38.8.